The normalized spacial score (nSPS) is 23.1. The molecular weight excluding hydrogens is 479 g/mol. The highest BCUT2D eigenvalue weighted by atomic mass is 79.9. The van der Waals surface area contributed by atoms with Crippen LogP contribution in [0.5, 0.6) is 0 Å². The van der Waals surface area contributed by atoms with Crippen molar-refractivity contribution in [3.8, 4) is 11.4 Å². The molecule has 7 nitrogen and oxygen atoms in total. The third-order valence-electron chi connectivity index (χ3n) is 6.17. The summed E-state index contributed by atoms with van der Waals surface area (Å²) in [5.41, 5.74) is 1.16. The molecule has 3 amide bonds. The number of nitrogens with zero attached hydrogens (tertiary/aromatic N) is 3. The van der Waals surface area contributed by atoms with Gasteiger partial charge in [-0.15, -0.1) is 0 Å². The fraction of sp³-hybridized carbons (Fsp3) is 0.304. The number of amides is 3. The summed E-state index contributed by atoms with van der Waals surface area (Å²) in [6.07, 6.45) is 1.81. The molecule has 2 aromatic carbocycles. The summed E-state index contributed by atoms with van der Waals surface area (Å²) >= 11 is 3.41. The van der Waals surface area contributed by atoms with Gasteiger partial charge in [0, 0.05) is 27.6 Å². The summed E-state index contributed by atoms with van der Waals surface area (Å²) in [7, 11) is 0. The van der Waals surface area contributed by atoms with Gasteiger partial charge in [-0.2, -0.15) is 4.98 Å². The molecule has 0 spiro atoms. The third kappa shape index (κ3) is 3.92. The van der Waals surface area contributed by atoms with Gasteiger partial charge in [-0.1, -0.05) is 39.3 Å². The van der Waals surface area contributed by atoms with Crippen LogP contribution in [0.4, 0.5) is 9.18 Å². The zero-order chi connectivity index (χ0) is 22.2. The number of rotatable bonds is 4. The Kier molecular flexibility index (Phi) is 5.50. The van der Waals surface area contributed by atoms with E-state index < -0.39 is 11.8 Å². The molecule has 1 N–H and O–H groups in total. The number of benzene rings is 2. The second-order valence-electron chi connectivity index (χ2n) is 8.15. The van der Waals surface area contributed by atoms with E-state index in [9.17, 15) is 14.0 Å². The number of halogens is 2. The first kappa shape index (κ1) is 20.8. The Morgan fingerprint density at radius 3 is 2.69 bits per heavy atom. The van der Waals surface area contributed by atoms with Gasteiger partial charge in [0.15, 0.2) is 0 Å². The molecule has 0 radical (unpaired) electrons. The van der Waals surface area contributed by atoms with Crippen LogP contribution in [0.1, 0.15) is 36.6 Å². The van der Waals surface area contributed by atoms with Crippen LogP contribution in [-0.2, 0) is 11.3 Å². The first-order valence-electron chi connectivity index (χ1n) is 10.4. The van der Waals surface area contributed by atoms with Crippen molar-refractivity contribution in [3.63, 3.8) is 0 Å². The van der Waals surface area contributed by atoms with Crippen molar-refractivity contribution in [3.05, 3.63) is 70.3 Å². The Morgan fingerprint density at radius 2 is 1.91 bits per heavy atom. The summed E-state index contributed by atoms with van der Waals surface area (Å²) in [5, 5.41) is 7.02. The molecule has 2 heterocycles. The molecule has 9 heteroatoms. The molecule has 2 fully saturated rings. The molecule has 164 valence electrons. The molecule has 3 atom stereocenters. The van der Waals surface area contributed by atoms with Crippen LogP contribution < -0.4 is 5.32 Å². The second-order valence-corrected chi connectivity index (χ2v) is 9.07. The van der Waals surface area contributed by atoms with Crippen molar-refractivity contribution in [1.29, 1.82) is 0 Å². The highest BCUT2D eigenvalue weighted by Crippen LogP contribution is 2.38. The molecular formula is C23H20BrFN4O3. The van der Waals surface area contributed by atoms with Gasteiger partial charge >= 0.3 is 6.03 Å². The standard InChI is InChI=1S/C23H20BrFN4O3/c24-16-8-5-13(6-9-16)20-27-21(32-28-20)14-7-10-17-19(11-14)26-23(31)29(22(17)30)12-15-3-1-2-4-18(15)25/h1-6,8-9,14,17,19H,7,10-12H2,(H,26,31). The number of fused-ring (bicyclic) bond motifs is 1. The van der Waals surface area contributed by atoms with Crippen molar-refractivity contribution in [1.82, 2.24) is 20.4 Å². The maximum Gasteiger partial charge on any atom is 0.324 e. The monoisotopic (exact) mass is 498 g/mol. The lowest BCUT2D eigenvalue weighted by atomic mass is 9.76. The quantitative estimate of drug-likeness (QED) is 0.565. The molecule has 32 heavy (non-hydrogen) atoms. The Morgan fingerprint density at radius 1 is 1.12 bits per heavy atom. The van der Waals surface area contributed by atoms with E-state index in [0.717, 1.165) is 14.9 Å². The number of urea groups is 1. The van der Waals surface area contributed by atoms with Crippen molar-refractivity contribution >= 4 is 27.9 Å². The lowest BCUT2D eigenvalue weighted by Crippen LogP contribution is -2.61. The zero-order valence-corrected chi connectivity index (χ0v) is 18.6. The maximum atomic E-state index is 14.0. The molecule has 1 aromatic heterocycles. The Hall–Kier alpha value is -3.07. The summed E-state index contributed by atoms with van der Waals surface area (Å²) in [6, 6.07) is 13.0. The number of carbonyl (C=O) groups is 2. The topological polar surface area (TPSA) is 88.3 Å². The van der Waals surface area contributed by atoms with E-state index in [4.69, 9.17) is 4.52 Å². The van der Waals surface area contributed by atoms with Crippen LogP contribution >= 0.6 is 15.9 Å². The number of nitrogens with one attached hydrogen (secondary N) is 1. The predicted octanol–water partition coefficient (Wildman–Crippen LogP) is 4.64. The van der Waals surface area contributed by atoms with Crippen molar-refractivity contribution < 1.29 is 18.5 Å². The summed E-state index contributed by atoms with van der Waals surface area (Å²) in [6.45, 7) is -0.0792. The maximum absolute atomic E-state index is 14.0. The molecule has 1 aliphatic carbocycles. The number of imide groups is 1. The van der Waals surface area contributed by atoms with E-state index in [2.05, 4.69) is 31.4 Å². The lowest BCUT2D eigenvalue weighted by molar-refractivity contribution is -0.137. The number of hydrogen-bond acceptors (Lipinski definition) is 5. The summed E-state index contributed by atoms with van der Waals surface area (Å²) in [4.78, 5) is 31.3. The van der Waals surface area contributed by atoms with Crippen molar-refractivity contribution in [2.75, 3.05) is 0 Å². The fourth-order valence-electron chi connectivity index (χ4n) is 4.45. The van der Waals surface area contributed by atoms with Crippen LogP contribution in [0.15, 0.2) is 57.5 Å². The average Bonchev–Trinajstić information content (AvgIpc) is 3.28. The van der Waals surface area contributed by atoms with E-state index in [0.29, 0.717) is 36.5 Å². The van der Waals surface area contributed by atoms with Crippen LogP contribution in [0.3, 0.4) is 0 Å². The van der Waals surface area contributed by atoms with E-state index in [1.54, 1.807) is 18.2 Å². The highest BCUT2D eigenvalue weighted by Gasteiger charge is 2.45. The molecule has 1 saturated carbocycles. The van der Waals surface area contributed by atoms with Crippen LogP contribution in [0, 0.1) is 11.7 Å². The summed E-state index contributed by atoms with van der Waals surface area (Å²) < 4.78 is 20.5. The first-order chi connectivity index (χ1) is 15.5. The second kappa shape index (κ2) is 8.46. The molecule has 1 saturated heterocycles. The molecule has 2 aliphatic rings. The lowest BCUT2D eigenvalue weighted by Gasteiger charge is -2.41. The molecule has 3 unspecified atom stereocenters. The Balaban J connectivity index is 1.29. The van der Waals surface area contributed by atoms with Crippen LogP contribution in [-0.4, -0.2) is 33.0 Å². The minimum absolute atomic E-state index is 0.0424. The van der Waals surface area contributed by atoms with Crippen LogP contribution in [0.2, 0.25) is 0 Å². The minimum Gasteiger partial charge on any atom is -0.339 e. The highest BCUT2D eigenvalue weighted by molar-refractivity contribution is 9.10. The van der Waals surface area contributed by atoms with Crippen LogP contribution in [0.25, 0.3) is 11.4 Å². The fourth-order valence-corrected chi connectivity index (χ4v) is 4.71. The van der Waals surface area contributed by atoms with Crippen molar-refractivity contribution in [2.24, 2.45) is 5.92 Å². The predicted molar refractivity (Wildman–Crippen MR) is 117 cm³/mol. The molecule has 5 rings (SSSR count). The van der Waals surface area contributed by atoms with E-state index in [1.807, 2.05) is 24.3 Å². The Bertz CT molecular complexity index is 1170. The van der Waals surface area contributed by atoms with Gasteiger partial charge in [-0.05, 0) is 49.6 Å². The Labute approximate surface area is 192 Å². The van der Waals surface area contributed by atoms with Gasteiger partial charge in [0.2, 0.25) is 17.6 Å². The van der Waals surface area contributed by atoms with E-state index >= 15 is 0 Å². The number of carbonyl (C=O) groups excluding carboxylic acids is 2. The SMILES string of the molecule is O=C1NC2CC(c3nc(-c4ccc(Br)cc4)no3)CCC2C(=O)N1Cc1ccccc1F. The van der Waals surface area contributed by atoms with Gasteiger partial charge in [0.25, 0.3) is 0 Å². The molecule has 3 aromatic rings. The smallest absolute Gasteiger partial charge is 0.324 e. The van der Waals surface area contributed by atoms with E-state index in [1.165, 1.54) is 6.07 Å². The first-order valence-corrected chi connectivity index (χ1v) is 11.2. The van der Waals surface area contributed by atoms with Gasteiger partial charge < -0.3 is 9.84 Å². The van der Waals surface area contributed by atoms with E-state index in [-0.39, 0.29) is 30.3 Å². The molecule has 0 bridgehead atoms. The number of aromatic nitrogens is 2. The summed E-state index contributed by atoms with van der Waals surface area (Å²) in [5.74, 6) is -0.0616. The number of hydrogen-bond donors (Lipinski definition) is 1. The largest absolute Gasteiger partial charge is 0.339 e. The van der Waals surface area contributed by atoms with Crippen molar-refractivity contribution in [2.45, 2.75) is 37.8 Å². The van der Waals surface area contributed by atoms with Gasteiger partial charge in [-0.25, -0.2) is 9.18 Å². The average molecular weight is 499 g/mol. The molecule has 1 aliphatic heterocycles. The van der Waals surface area contributed by atoms with Gasteiger partial charge in [-0.3, -0.25) is 9.69 Å². The third-order valence-corrected chi connectivity index (χ3v) is 6.70. The minimum atomic E-state index is -0.499. The van der Waals surface area contributed by atoms with Gasteiger partial charge in [0.1, 0.15) is 5.82 Å². The van der Waals surface area contributed by atoms with Gasteiger partial charge in [0.05, 0.1) is 12.5 Å². The zero-order valence-electron chi connectivity index (χ0n) is 17.0.